The molecule has 0 aliphatic heterocycles. The van der Waals surface area contributed by atoms with Crippen molar-refractivity contribution in [3.05, 3.63) is 76.9 Å². The number of aryl methyl sites for hydroxylation is 1. The summed E-state index contributed by atoms with van der Waals surface area (Å²) in [6.45, 7) is 1.95. The predicted octanol–water partition coefficient (Wildman–Crippen LogP) is 3.77. The third-order valence-electron chi connectivity index (χ3n) is 4.02. The second kappa shape index (κ2) is 8.10. The van der Waals surface area contributed by atoms with E-state index in [2.05, 4.69) is 5.32 Å². The average Bonchev–Trinajstić information content (AvgIpc) is 3.36. The van der Waals surface area contributed by atoms with Crippen LogP contribution < -0.4 is 5.32 Å². The van der Waals surface area contributed by atoms with Gasteiger partial charge in [0, 0.05) is 11.6 Å². The van der Waals surface area contributed by atoms with Crippen LogP contribution >= 0.6 is 0 Å². The average molecular weight is 376 g/mol. The Balaban J connectivity index is 1.77. The van der Waals surface area contributed by atoms with Gasteiger partial charge < -0.3 is 19.3 Å². The van der Waals surface area contributed by atoms with Gasteiger partial charge in [0.2, 0.25) is 0 Å². The van der Waals surface area contributed by atoms with Crippen molar-refractivity contribution in [1.82, 2.24) is 5.32 Å². The van der Waals surface area contributed by atoms with E-state index in [9.17, 15) is 14.9 Å². The molecule has 3 aromatic rings. The molecule has 0 fully saturated rings. The topological polar surface area (TPSA) is 116 Å². The van der Waals surface area contributed by atoms with Crippen LogP contribution in [0.3, 0.4) is 0 Å². The van der Waals surface area contributed by atoms with Crippen molar-refractivity contribution in [2.45, 2.75) is 13.5 Å². The van der Waals surface area contributed by atoms with Crippen molar-refractivity contribution >= 4 is 18.0 Å². The first-order valence-electron chi connectivity index (χ1n) is 8.34. The Morgan fingerprint density at radius 2 is 2.07 bits per heavy atom. The summed E-state index contributed by atoms with van der Waals surface area (Å²) in [5.41, 5.74) is 1.55. The molecule has 0 spiro atoms. The molecule has 0 atom stereocenters. The number of furan rings is 2. The molecular weight excluding hydrogens is 360 g/mol. The van der Waals surface area contributed by atoms with Crippen LogP contribution in [0, 0.1) is 18.3 Å². The summed E-state index contributed by atoms with van der Waals surface area (Å²) in [6, 6.07) is 13.3. The highest BCUT2D eigenvalue weighted by molar-refractivity contribution is 6.01. The molecule has 2 aromatic heterocycles. The van der Waals surface area contributed by atoms with Crippen LogP contribution in [0.15, 0.2) is 63.1 Å². The van der Waals surface area contributed by atoms with E-state index in [0.717, 1.165) is 11.1 Å². The lowest BCUT2D eigenvalue weighted by Gasteiger charge is -2.04. The van der Waals surface area contributed by atoms with Gasteiger partial charge in [-0.1, -0.05) is 6.07 Å². The normalized spacial score (nSPS) is 11.1. The molecule has 1 amide bonds. The predicted molar refractivity (Wildman–Crippen MR) is 100.0 cm³/mol. The van der Waals surface area contributed by atoms with E-state index in [1.165, 1.54) is 18.4 Å². The molecule has 3 rings (SSSR count). The fraction of sp³-hybridized carbons (Fsp3) is 0.0952. The van der Waals surface area contributed by atoms with Crippen LogP contribution in [-0.2, 0) is 11.3 Å². The largest absolute Gasteiger partial charge is 0.478 e. The molecule has 2 N–H and O–H groups in total. The fourth-order valence-electron chi connectivity index (χ4n) is 2.61. The van der Waals surface area contributed by atoms with Gasteiger partial charge in [-0.25, -0.2) is 4.79 Å². The molecule has 28 heavy (non-hydrogen) atoms. The summed E-state index contributed by atoms with van der Waals surface area (Å²) in [6.07, 6.45) is 2.85. The SMILES string of the molecule is Cc1cc(C(=O)O)ccc1-c1ccc(C=C(C#N)C(=O)NCc2ccco2)o1. The Morgan fingerprint density at radius 3 is 2.71 bits per heavy atom. The maximum Gasteiger partial charge on any atom is 0.335 e. The standard InChI is InChI=1S/C21H16N2O5/c1-13-9-14(21(25)26)4-6-18(13)19-7-5-16(28-19)10-15(11-22)20(24)23-12-17-3-2-8-27-17/h2-10H,12H2,1H3,(H,23,24)(H,25,26). The lowest BCUT2D eigenvalue weighted by atomic mass is 10.0. The van der Waals surface area contributed by atoms with Gasteiger partial charge in [-0.2, -0.15) is 5.26 Å². The fourth-order valence-corrected chi connectivity index (χ4v) is 2.61. The van der Waals surface area contributed by atoms with Crippen molar-refractivity contribution in [3.8, 4) is 17.4 Å². The summed E-state index contributed by atoms with van der Waals surface area (Å²) in [7, 11) is 0. The van der Waals surface area contributed by atoms with Crippen LogP contribution in [0.25, 0.3) is 17.4 Å². The second-order valence-corrected chi connectivity index (χ2v) is 5.97. The van der Waals surface area contributed by atoms with Crippen molar-refractivity contribution < 1.29 is 23.5 Å². The zero-order valence-corrected chi connectivity index (χ0v) is 14.9. The van der Waals surface area contributed by atoms with Gasteiger partial charge in [-0.3, -0.25) is 4.79 Å². The van der Waals surface area contributed by atoms with Crippen molar-refractivity contribution in [3.63, 3.8) is 0 Å². The molecule has 0 radical (unpaired) electrons. The summed E-state index contributed by atoms with van der Waals surface area (Å²) >= 11 is 0. The van der Waals surface area contributed by atoms with Crippen LogP contribution in [0.5, 0.6) is 0 Å². The first kappa shape index (κ1) is 18.7. The van der Waals surface area contributed by atoms with E-state index in [1.54, 1.807) is 43.3 Å². The minimum absolute atomic E-state index is 0.106. The van der Waals surface area contributed by atoms with Gasteiger partial charge in [0.05, 0.1) is 18.4 Å². The number of aromatic carboxylic acids is 1. The number of rotatable bonds is 6. The number of carboxylic acid groups (broad SMARTS) is 1. The van der Waals surface area contributed by atoms with Gasteiger partial charge >= 0.3 is 5.97 Å². The maximum absolute atomic E-state index is 12.2. The molecule has 0 aliphatic rings. The molecular formula is C21H16N2O5. The highest BCUT2D eigenvalue weighted by Crippen LogP contribution is 2.27. The molecule has 7 heteroatoms. The van der Waals surface area contributed by atoms with E-state index in [4.69, 9.17) is 13.9 Å². The number of carbonyl (C=O) groups excluding carboxylic acids is 1. The molecule has 0 saturated heterocycles. The van der Waals surface area contributed by atoms with Gasteiger partial charge in [0.1, 0.15) is 28.9 Å². The van der Waals surface area contributed by atoms with Gasteiger partial charge in [-0.15, -0.1) is 0 Å². The van der Waals surface area contributed by atoms with E-state index in [1.807, 2.05) is 6.07 Å². The van der Waals surface area contributed by atoms with Crippen LogP contribution in [0.1, 0.15) is 27.4 Å². The monoisotopic (exact) mass is 376 g/mol. The smallest absolute Gasteiger partial charge is 0.335 e. The quantitative estimate of drug-likeness (QED) is 0.500. The number of amides is 1. The molecule has 0 saturated carbocycles. The number of nitrogens with one attached hydrogen (secondary N) is 1. The Kier molecular flexibility index (Phi) is 5.42. The summed E-state index contributed by atoms with van der Waals surface area (Å²) < 4.78 is 10.8. The minimum Gasteiger partial charge on any atom is -0.478 e. The van der Waals surface area contributed by atoms with Crippen LogP contribution in [0.2, 0.25) is 0 Å². The molecule has 1 aromatic carbocycles. The second-order valence-electron chi connectivity index (χ2n) is 5.97. The molecule has 140 valence electrons. The first-order chi connectivity index (χ1) is 13.5. The van der Waals surface area contributed by atoms with Crippen molar-refractivity contribution in [2.75, 3.05) is 0 Å². The Labute approximate surface area is 160 Å². The van der Waals surface area contributed by atoms with Crippen molar-refractivity contribution in [1.29, 1.82) is 5.26 Å². The third-order valence-corrected chi connectivity index (χ3v) is 4.02. The summed E-state index contributed by atoms with van der Waals surface area (Å²) in [5, 5.41) is 20.9. The minimum atomic E-state index is -1.00. The summed E-state index contributed by atoms with van der Waals surface area (Å²) in [5.74, 6) is -0.127. The molecule has 7 nitrogen and oxygen atoms in total. The first-order valence-corrected chi connectivity index (χ1v) is 8.34. The maximum atomic E-state index is 12.2. The van der Waals surface area contributed by atoms with E-state index in [-0.39, 0.29) is 17.7 Å². The zero-order valence-electron chi connectivity index (χ0n) is 14.9. The molecule has 0 unspecified atom stereocenters. The Bertz CT molecular complexity index is 1080. The Hall–Kier alpha value is -4.05. The third kappa shape index (κ3) is 4.19. The van der Waals surface area contributed by atoms with Crippen LogP contribution in [-0.4, -0.2) is 17.0 Å². The Morgan fingerprint density at radius 1 is 1.25 bits per heavy atom. The number of hydrogen-bond acceptors (Lipinski definition) is 5. The number of nitriles is 1. The zero-order chi connectivity index (χ0) is 20.1. The molecule has 0 aliphatic carbocycles. The van der Waals surface area contributed by atoms with Crippen LogP contribution in [0.4, 0.5) is 0 Å². The number of benzene rings is 1. The van der Waals surface area contributed by atoms with Crippen molar-refractivity contribution in [2.24, 2.45) is 0 Å². The number of hydrogen-bond donors (Lipinski definition) is 2. The summed E-state index contributed by atoms with van der Waals surface area (Å²) in [4.78, 5) is 23.2. The lowest BCUT2D eigenvalue weighted by Crippen LogP contribution is -2.23. The van der Waals surface area contributed by atoms with Gasteiger partial charge in [0.15, 0.2) is 0 Å². The van der Waals surface area contributed by atoms with E-state index >= 15 is 0 Å². The number of carboxylic acids is 1. The lowest BCUT2D eigenvalue weighted by molar-refractivity contribution is -0.117. The van der Waals surface area contributed by atoms with E-state index in [0.29, 0.717) is 17.3 Å². The van der Waals surface area contributed by atoms with Gasteiger partial charge in [0.25, 0.3) is 5.91 Å². The number of carbonyl (C=O) groups is 2. The van der Waals surface area contributed by atoms with Gasteiger partial charge in [-0.05, 0) is 48.9 Å². The highest BCUT2D eigenvalue weighted by atomic mass is 16.4. The highest BCUT2D eigenvalue weighted by Gasteiger charge is 2.13. The van der Waals surface area contributed by atoms with E-state index < -0.39 is 11.9 Å². The molecule has 0 bridgehead atoms. The number of nitrogens with zero attached hydrogens (tertiary/aromatic N) is 1. The molecule has 2 heterocycles.